The van der Waals surface area contributed by atoms with Gasteiger partial charge in [-0.3, -0.25) is 0 Å². The lowest BCUT2D eigenvalue weighted by molar-refractivity contribution is -0.671. The highest BCUT2D eigenvalue weighted by Crippen LogP contribution is 2.29. The van der Waals surface area contributed by atoms with Crippen molar-refractivity contribution < 1.29 is 10.1 Å². The van der Waals surface area contributed by atoms with E-state index in [0.29, 0.717) is 6.61 Å². The van der Waals surface area contributed by atoms with Gasteiger partial charge < -0.3 is 10.1 Å². The zero-order chi connectivity index (χ0) is 15.7. The lowest BCUT2D eigenvalue weighted by Gasteiger charge is -2.11. The van der Waals surface area contributed by atoms with Crippen LogP contribution in [0.25, 0.3) is 11.1 Å². The van der Waals surface area contributed by atoms with Gasteiger partial charge in [-0.2, -0.15) is 0 Å². The number of hydrogen-bond acceptors (Lipinski definition) is 1. The first-order valence-electron chi connectivity index (χ1n) is 8.06. The van der Waals surface area contributed by atoms with Crippen LogP contribution in [0.3, 0.4) is 0 Å². The summed E-state index contributed by atoms with van der Waals surface area (Å²) in [4.78, 5) is 0. The maximum atomic E-state index is 6.00. The van der Waals surface area contributed by atoms with Crippen LogP contribution in [0.5, 0.6) is 5.75 Å². The second-order valence-corrected chi connectivity index (χ2v) is 5.48. The van der Waals surface area contributed by atoms with Crippen LogP contribution in [0.4, 0.5) is 0 Å². The molecule has 0 saturated carbocycles. The van der Waals surface area contributed by atoms with Crippen LogP contribution in [0, 0.1) is 0 Å². The van der Waals surface area contributed by atoms with E-state index in [1.54, 1.807) is 0 Å². The van der Waals surface area contributed by atoms with Crippen LogP contribution < -0.4 is 10.1 Å². The van der Waals surface area contributed by atoms with E-state index >= 15 is 0 Å². The van der Waals surface area contributed by atoms with Gasteiger partial charge in [-0.1, -0.05) is 78.9 Å². The van der Waals surface area contributed by atoms with Gasteiger partial charge >= 0.3 is 0 Å². The number of ether oxygens (including phenoxy) is 1. The summed E-state index contributed by atoms with van der Waals surface area (Å²) >= 11 is 0. The van der Waals surface area contributed by atoms with Gasteiger partial charge in [0, 0.05) is 11.1 Å². The number of nitrogens with two attached hydrogens (primary N) is 1. The zero-order valence-corrected chi connectivity index (χ0v) is 13.2. The standard InChI is InChI=1S/C21H21NO/c1-3-9-18(10-4-1)17-22-15-16-23-21-14-8-7-13-20(21)19-11-5-2-6-12-19/h1-14,22H,15-17H2/p+1. The number of quaternary nitrogens is 1. The summed E-state index contributed by atoms with van der Waals surface area (Å²) in [6.45, 7) is 2.64. The summed E-state index contributed by atoms with van der Waals surface area (Å²) < 4.78 is 6.00. The molecule has 2 nitrogen and oxygen atoms in total. The van der Waals surface area contributed by atoms with Crippen molar-refractivity contribution in [2.45, 2.75) is 6.54 Å². The molecule has 0 heterocycles. The predicted molar refractivity (Wildman–Crippen MR) is 94.3 cm³/mol. The Kier molecular flexibility index (Phi) is 5.43. The lowest BCUT2D eigenvalue weighted by Crippen LogP contribution is -2.83. The maximum Gasteiger partial charge on any atom is 0.137 e. The molecule has 0 unspecified atom stereocenters. The van der Waals surface area contributed by atoms with Crippen LogP contribution in [0.2, 0.25) is 0 Å². The lowest BCUT2D eigenvalue weighted by atomic mass is 10.1. The monoisotopic (exact) mass is 304 g/mol. The summed E-state index contributed by atoms with van der Waals surface area (Å²) in [6, 6.07) is 29.1. The molecule has 2 N–H and O–H groups in total. The maximum absolute atomic E-state index is 6.00. The predicted octanol–water partition coefficient (Wildman–Crippen LogP) is 3.50. The van der Waals surface area contributed by atoms with Crippen LogP contribution in [0.1, 0.15) is 5.56 Å². The molecule has 3 aromatic carbocycles. The van der Waals surface area contributed by atoms with Crippen molar-refractivity contribution in [1.82, 2.24) is 0 Å². The zero-order valence-electron chi connectivity index (χ0n) is 13.2. The molecule has 0 radical (unpaired) electrons. The highest BCUT2D eigenvalue weighted by Gasteiger charge is 2.05. The van der Waals surface area contributed by atoms with E-state index in [2.05, 4.69) is 66.0 Å². The SMILES string of the molecule is c1ccc(C[NH2+]CCOc2ccccc2-c2ccccc2)cc1. The van der Waals surface area contributed by atoms with Crippen LogP contribution in [-0.4, -0.2) is 13.2 Å². The molecular weight excluding hydrogens is 282 g/mol. The van der Waals surface area contributed by atoms with Crippen molar-refractivity contribution in [3.05, 3.63) is 90.5 Å². The third-order valence-electron chi connectivity index (χ3n) is 3.77. The molecule has 23 heavy (non-hydrogen) atoms. The number of rotatable bonds is 7. The average Bonchev–Trinajstić information content (AvgIpc) is 2.63. The molecule has 0 aliphatic carbocycles. The molecule has 2 heteroatoms. The largest absolute Gasteiger partial charge is 0.487 e. The Balaban J connectivity index is 1.53. The van der Waals surface area contributed by atoms with Crippen molar-refractivity contribution >= 4 is 0 Å². The molecule has 3 aromatic rings. The minimum absolute atomic E-state index is 0.705. The Labute approximate surface area is 137 Å². The molecule has 0 amide bonds. The fraction of sp³-hybridized carbons (Fsp3) is 0.143. The van der Waals surface area contributed by atoms with Crippen molar-refractivity contribution in [3.63, 3.8) is 0 Å². The number of hydrogen-bond donors (Lipinski definition) is 1. The van der Waals surface area contributed by atoms with Gasteiger partial charge in [0.05, 0.1) is 0 Å². The van der Waals surface area contributed by atoms with E-state index in [0.717, 1.165) is 24.4 Å². The summed E-state index contributed by atoms with van der Waals surface area (Å²) in [7, 11) is 0. The Hall–Kier alpha value is -2.58. The molecule has 0 bridgehead atoms. The molecule has 0 aromatic heterocycles. The molecule has 0 fully saturated rings. The van der Waals surface area contributed by atoms with E-state index in [1.807, 2.05) is 24.3 Å². The van der Waals surface area contributed by atoms with Crippen molar-refractivity contribution in [2.24, 2.45) is 0 Å². The molecule has 0 spiro atoms. The second-order valence-electron chi connectivity index (χ2n) is 5.48. The summed E-state index contributed by atoms with van der Waals surface area (Å²) in [5.74, 6) is 0.951. The van der Waals surface area contributed by atoms with Crippen molar-refractivity contribution in [1.29, 1.82) is 0 Å². The molecule has 116 valence electrons. The third kappa shape index (κ3) is 4.44. The van der Waals surface area contributed by atoms with Gasteiger partial charge in [0.25, 0.3) is 0 Å². The van der Waals surface area contributed by atoms with Gasteiger partial charge in [-0.15, -0.1) is 0 Å². The Bertz CT molecular complexity index is 710. The molecular formula is C21H22NO+. The molecule has 0 atom stereocenters. The van der Waals surface area contributed by atoms with Gasteiger partial charge in [-0.05, 0) is 11.6 Å². The number of para-hydroxylation sites is 1. The van der Waals surface area contributed by atoms with Crippen LogP contribution >= 0.6 is 0 Å². The van der Waals surface area contributed by atoms with E-state index in [-0.39, 0.29) is 0 Å². The average molecular weight is 304 g/mol. The summed E-state index contributed by atoms with van der Waals surface area (Å²) in [6.07, 6.45) is 0. The molecule has 0 aliphatic rings. The fourth-order valence-electron chi connectivity index (χ4n) is 2.58. The van der Waals surface area contributed by atoms with Crippen LogP contribution in [-0.2, 0) is 6.54 Å². The van der Waals surface area contributed by atoms with Crippen LogP contribution in [0.15, 0.2) is 84.9 Å². The Morgan fingerprint density at radius 3 is 2.13 bits per heavy atom. The van der Waals surface area contributed by atoms with Gasteiger partial charge in [0.1, 0.15) is 25.4 Å². The second kappa shape index (κ2) is 8.16. The molecule has 0 saturated heterocycles. The minimum Gasteiger partial charge on any atom is -0.487 e. The normalized spacial score (nSPS) is 10.4. The minimum atomic E-state index is 0.705. The first kappa shape index (κ1) is 15.3. The van der Waals surface area contributed by atoms with E-state index < -0.39 is 0 Å². The van der Waals surface area contributed by atoms with Crippen molar-refractivity contribution in [3.8, 4) is 16.9 Å². The van der Waals surface area contributed by atoms with E-state index in [9.17, 15) is 0 Å². The van der Waals surface area contributed by atoms with Gasteiger partial charge in [-0.25, -0.2) is 0 Å². The van der Waals surface area contributed by atoms with Gasteiger partial charge in [0.15, 0.2) is 0 Å². The highest BCUT2D eigenvalue weighted by molar-refractivity contribution is 5.70. The Morgan fingerprint density at radius 2 is 1.35 bits per heavy atom. The van der Waals surface area contributed by atoms with E-state index in [1.165, 1.54) is 11.1 Å². The highest BCUT2D eigenvalue weighted by atomic mass is 16.5. The quantitative estimate of drug-likeness (QED) is 0.664. The number of benzene rings is 3. The fourth-order valence-corrected chi connectivity index (χ4v) is 2.58. The van der Waals surface area contributed by atoms with Crippen molar-refractivity contribution in [2.75, 3.05) is 13.2 Å². The van der Waals surface area contributed by atoms with E-state index in [4.69, 9.17) is 4.74 Å². The topological polar surface area (TPSA) is 25.8 Å². The first-order chi connectivity index (χ1) is 11.4. The molecule has 0 aliphatic heterocycles. The Morgan fingerprint density at radius 1 is 0.696 bits per heavy atom. The third-order valence-corrected chi connectivity index (χ3v) is 3.77. The smallest absolute Gasteiger partial charge is 0.137 e. The summed E-state index contributed by atoms with van der Waals surface area (Å²) in [5, 5.41) is 2.28. The summed E-state index contributed by atoms with van der Waals surface area (Å²) in [5.41, 5.74) is 3.68. The molecule has 3 rings (SSSR count). The first-order valence-corrected chi connectivity index (χ1v) is 8.06. The van der Waals surface area contributed by atoms with Gasteiger partial charge in [0.2, 0.25) is 0 Å².